The number of nitrogens with one attached hydrogen (secondary N) is 1. The largest absolute Gasteiger partial charge is 0.484 e. The monoisotopic (exact) mass is 491 g/mol. The van der Waals surface area contributed by atoms with Crippen molar-refractivity contribution in [2.75, 3.05) is 37.6 Å². The molecule has 0 aliphatic carbocycles. The first-order valence-electron chi connectivity index (χ1n) is 10.7. The van der Waals surface area contributed by atoms with Crippen LogP contribution in [0.15, 0.2) is 68.8 Å². The van der Waals surface area contributed by atoms with Gasteiger partial charge in [0, 0.05) is 13.6 Å². The molecule has 0 saturated carbocycles. The number of ether oxygens (including phenoxy) is 1. The van der Waals surface area contributed by atoms with Crippen molar-refractivity contribution in [3.05, 3.63) is 65.9 Å². The molecule has 0 spiro atoms. The minimum absolute atomic E-state index is 0.0564. The summed E-state index contributed by atoms with van der Waals surface area (Å²) in [5.74, 6) is 1.03. The number of sulfonamides is 1. The molecule has 0 aliphatic heterocycles. The maximum atomic E-state index is 12.6. The highest BCUT2D eigenvalue weighted by Crippen LogP contribution is 2.26. The Morgan fingerprint density at radius 3 is 2.42 bits per heavy atom. The van der Waals surface area contributed by atoms with Crippen LogP contribution < -0.4 is 14.4 Å². The second kappa shape index (κ2) is 11.4. The molecule has 10 heteroatoms. The zero-order valence-electron chi connectivity index (χ0n) is 18.9. The number of amides is 1. The highest BCUT2D eigenvalue weighted by Gasteiger charge is 2.23. The number of hydrogen-bond acceptors (Lipinski definition) is 7. The molecule has 1 aromatic carbocycles. The van der Waals surface area contributed by atoms with E-state index in [2.05, 4.69) is 24.1 Å². The van der Waals surface area contributed by atoms with E-state index in [9.17, 15) is 13.2 Å². The Bertz CT molecular complexity index is 1090. The minimum Gasteiger partial charge on any atom is -0.484 e. The second-order valence-corrected chi connectivity index (χ2v) is 10.4. The molecule has 0 bridgehead atoms. The summed E-state index contributed by atoms with van der Waals surface area (Å²) >= 11 is 1.17. The van der Waals surface area contributed by atoms with E-state index in [1.54, 1.807) is 48.0 Å². The van der Waals surface area contributed by atoms with Crippen LogP contribution in [0, 0.1) is 0 Å². The van der Waals surface area contributed by atoms with Gasteiger partial charge in [-0.15, -0.1) is 11.3 Å². The highest BCUT2D eigenvalue weighted by atomic mass is 32.2. The van der Waals surface area contributed by atoms with Gasteiger partial charge < -0.3 is 14.5 Å². The van der Waals surface area contributed by atoms with E-state index in [0.29, 0.717) is 18.0 Å². The molecule has 1 amide bonds. The van der Waals surface area contributed by atoms with Crippen LogP contribution in [0.4, 0.5) is 5.69 Å². The SMILES string of the molecule is CCN(CC)C(CNC(=O)COc1ccc(N(C)S(=O)(=O)c2cccs2)cc1)c1ccco1. The summed E-state index contributed by atoms with van der Waals surface area (Å²) in [5, 5.41) is 4.63. The first kappa shape index (κ1) is 24.8. The quantitative estimate of drug-likeness (QED) is 0.415. The van der Waals surface area contributed by atoms with Gasteiger partial charge in [-0.2, -0.15) is 0 Å². The summed E-state index contributed by atoms with van der Waals surface area (Å²) in [6.07, 6.45) is 1.63. The molecule has 2 heterocycles. The predicted octanol–water partition coefficient (Wildman–Crippen LogP) is 3.74. The number of anilines is 1. The average molecular weight is 492 g/mol. The Labute approximate surface area is 198 Å². The predicted molar refractivity (Wildman–Crippen MR) is 129 cm³/mol. The molecule has 3 rings (SSSR count). The summed E-state index contributed by atoms with van der Waals surface area (Å²) in [7, 11) is -2.09. The first-order valence-corrected chi connectivity index (χ1v) is 13.0. The summed E-state index contributed by atoms with van der Waals surface area (Å²) in [4.78, 5) is 14.6. The lowest BCUT2D eigenvalue weighted by Crippen LogP contribution is -2.39. The van der Waals surface area contributed by atoms with Crippen LogP contribution >= 0.6 is 11.3 Å². The smallest absolute Gasteiger partial charge is 0.273 e. The maximum Gasteiger partial charge on any atom is 0.273 e. The number of carbonyl (C=O) groups excluding carboxylic acids is 1. The van der Waals surface area contributed by atoms with E-state index in [1.165, 1.54) is 22.7 Å². The van der Waals surface area contributed by atoms with Crippen molar-refractivity contribution in [1.29, 1.82) is 0 Å². The minimum atomic E-state index is -3.60. The van der Waals surface area contributed by atoms with Crippen LogP contribution in [0.5, 0.6) is 5.75 Å². The Morgan fingerprint density at radius 2 is 1.85 bits per heavy atom. The standard InChI is InChI=1S/C23H29N3O5S2/c1-4-26(5-2)20(21-8-6-14-30-21)16-24-22(27)17-31-19-12-10-18(11-13-19)25(3)33(28,29)23-9-7-15-32-23/h6-15,20H,4-5,16-17H2,1-3H3,(H,24,27). The van der Waals surface area contributed by atoms with E-state index >= 15 is 0 Å². The molecule has 1 unspecified atom stereocenters. The van der Waals surface area contributed by atoms with E-state index in [4.69, 9.17) is 9.15 Å². The second-order valence-electron chi connectivity index (χ2n) is 7.24. The fraction of sp³-hybridized carbons (Fsp3) is 0.348. The molecule has 0 radical (unpaired) electrons. The van der Waals surface area contributed by atoms with Crippen LogP contribution in [0.3, 0.4) is 0 Å². The molecular weight excluding hydrogens is 462 g/mol. The fourth-order valence-corrected chi connectivity index (χ4v) is 5.76. The van der Waals surface area contributed by atoms with Crippen molar-refractivity contribution >= 4 is 33.0 Å². The van der Waals surface area contributed by atoms with Crippen LogP contribution in [0.25, 0.3) is 0 Å². The lowest BCUT2D eigenvalue weighted by molar-refractivity contribution is -0.123. The Balaban J connectivity index is 1.54. The van der Waals surface area contributed by atoms with E-state index in [1.807, 2.05) is 12.1 Å². The number of nitrogens with zero attached hydrogens (tertiary/aromatic N) is 2. The number of thiophene rings is 1. The van der Waals surface area contributed by atoms with Gasteiger partial charge in [-0.05, 0) is 60.9 Å². The lowest BCUT2D eigenvalue weighted by atomic mass is 10.2. The maximum absolute atomic E-state index is 12.6. The number of furan rings is 1. The zero-order valence-corrected chi connectivity index (χ0v) is 20.6. The third kappa shape index (κ3) is 6.16. The van der Waals surface area contributed by atoms with Crippen LogP contribution in [0.2, 0.25) is 0 Å². The van der Waals surface area contributed by atoms with E-state index in [-0.39, 0.29) is 22.8 Å². The van der Waals surface area contributed by atoms with Gasteiger partial charge in [-0.25, -0.2) is 8.42 Å². The van der Waals surface area contributed by atoms with Gasteiger partial charge in [0.25, 0.3) is 15.9 Å². The number of rotatable bonds is 12. The molecule has 8 nitrogen and oxygen atoms in total. The van der Waals surface area contributed by atoms with Gasteiger partial charge in [0.05, 0.1) is 18.0 Å². The summed E-state index contributed by atoms with van der Waals surface area (Å²) in [6.45, 7) is 6.05. The fourth-order valence-electron chi connectivity index (χ4n) is 3.40. The zero-order chi connectivity index (χ0) is 23.8. The normalized spacial score (nSPS) is 12.5. The van der Waals surface area contributed by atoms with E-state index in [0.717, 1.165) is 18.8 Å². The summed E-state index contributed by atoms with van der Waals surface area (Å²) < 4.78 is 37.9. The van der Waals surface area contributed by atoms with Gasteiger partial charge in [0.15, 0.2) is 6.61 Å². The van der Waals surface area contributed by atoms with E-state index < -0.39 is 10.0 Å². The lowest BCUT2D eigenvalue weighted by Gasteiger charge is -2.28. The number of hydrogen-bond donors (Lipinski definition) is 1. The third-order valence-electron chi connectivity index (χ3n) is 5.30. The molecule has 33 heavy (non-hydrogen) atoms. The van der Waals surface area contributed by atoms with Gasteiger partial charge in [0.2, 0.25) is 0 Å². The number of benzene rings is 1. The average Bonchev–Trinajstić information content (AvgIpc) is 3.55. The van der Waals surface area contributed by atoms with Gasteiger partial charge >= 0.3 is 0 Å². The van der Waals surface area contributed by atoms with Crippen molar-refractivity contribution < 1.29 is 22.4 Å². The first-order chi connectivity index (χ1) is 15.9. The van der Waals surface area contributed by atoms with Crippen molar-refractivity contribution in [3.8, 4) is 5.75 Å². The molecule has 0 aliphatic rings. The van der Waals surface area contributed by atoms with Crippen molar-refractivity contribution in [2.45, 2.75) is 24.1 Å². The Morgan fingerprint density at radius 1 is 1.12 bits per heavy atom. The molecule has 0 saturated heterocycles. The number of likely N-dealkylation sites (N-methyl/N-ethyl adjacent to an activating group) is 1. The molecule has 0 fully saturated rings. The third-order valence-corrected chi connectivity index (χ3v) is 8.46. The molecule has 3 aromatic rings. The van der Waals surface area contributed by atoms with Crippen molar-refractivity contribution in [3.63, 3.8) is 0 Å². The van der Waals surface area contributed by atoms with Crippen molar-refractivity contribution in [2.24, 2.45) is 0 Å². The van der Waals surface area contributed by atoms with Crippen LogP contribution in [-0.2, 0) is 14.8 Å². The molecule has 2 aromatic heterocycles. The molecule has 1 atom stereocenters. The summed E-state index contributed by atoms with van der Waals surface area (Å²) in [6, 6.07) is 13.5. The Kier molecular flexibility index (Phi) is 8.54. The number of carbonyl (C=O) groups is 1. The van der Waals surface area contributed by atoms with Crippen LogP contribution in [-0.4, -0.2) is 52.5 Å². The van der Waals surface area contributed by atoms with Crippen LogP contribution in [0.1, 0.15) is 25.6 Å². The van der Waals surface area contributed by atoms with Gasteiger partial charge in [0.1, 0.15) is 15.7 Å². The molecule has 178 valence electrons. The Hall–Kier alpha value is -2.82. The molecular formula is C23H29N3O5S2. The topological polar surface area (TPSA) is 92.1 Å². The van der Waals surface area contributed by atoms with Crippen molar-refractivity contribution in [1.82, 2.24) is 10.2 Å². The highest BCUT2D eigenvalue weighted by molar-refractivity contribution is 7.94. The van der Waals surface area contributed by atoms with Gasteiger partial charge in [-0.1, -0.05) is 19.9 Å². The summed E-state index contributed by atoms with van der Waals surface area (Å²) in [5.41, 5.74) is 0.501. The molecule has 1 N–H and O–H groups in total. The van der Waals surface area contributed by atoms with Gasteiger partial charge in [-0.3, -0.25) is 14.0 Å².